The van der Waals surface area contributed by atoms with Crippen molar-refractivity contribution in [1.29, 1.82) is 0 Å². The summed E-state index contributed by atoms with van der Waals surface area (Å²) in [5.74, 6) is 0. The third-order valence-electron chi connectivity index (χ3n) is 4.30. The van der Waals surface area contributed by atoms with Crippen LogP contribution in [0, 0.1) is 6.92 Å². The number of aliphatic hydroxyl groups is 1. The summed E-state index contributed by atoms with van der Waals surface area (Å²) in [4.78, 5) is 1.77. The molecule has 1 aromatic rings. The molecular weight excluding hydrogens is 279 g/mol. The van der Waals surface area contributed by atoms with E-state index in [1.807, 2.05) is 31.2 Å². The molecule has 1 aliphatic rings. The van der Waals surface area contributed by atoms with Crippen molar-refractivity contribution in [3.8, 4) is 0 Å². The molecule has 0 amide bonds. The lowest BCUT2D eigenvalue weighted by Gasteiger charge is -2.44. The first kappa shape index (κ1) is 16.3. The average molecular weight is 301 g/mol. The second-order valence-corrected chi connectivity index (χ2v) is 6.12. The van der Waals surface area contributed by atoms with Crippen molar-refractivity contribution in [1.82, 2.24) is 4.90 Å². The lowest BCUT2D eigenvalue weighted by molar-refractivity contribution is -0.277. The van der Waals surface area contributed by atoms with E-state index >= 15 is 0 Å². The monoisotopic (exact) mass is 301 g/mol. The van der Waals surface area contributed by atoms with Crippen LogP contribution in [0.4, 0.5) is 13.2 Å². The molecule has 0 radical (unpaired) electrons. The summed E-state index contributed by atoms with van der Waals surface area (Å²) in [7, 11) is 0. The van der Waals surface area contributed by atoms with Gasteiger partial charge in [0.2, 0.25) is 0 Å². The van der Waals surface area contributed by atoms with Crippen molar-refractivity contribution in [3.05, 3.63) is 35.4 Å². The van der Waals surface area contributed by atoms with Gasteiger partial charge in [0.05, 0.1) is 0 Å². The fourth-order valence-corrected chi connectivity index (χ4v) is 3.05. The van der Waals surface area contributed by atoms with Crippen LogP contribution in [0.15, 0.2) is 24.3 Å². The van der Waals surface area contributed by atoms with E-state index in [2.05, 4.69) is 0 Å². The number of piperidine rings is 1. The highest BCUT2D eigenvalue weighted by Gasteiger charge is 2.56. The van der Waals surface area contributed by atoms with E-state index in [0.29, 0.717) is 19.5 Å². The highest BCUT2D eigenvalue weighted by molar-refractivity contribution is 5.22. The third-order valence-corrected chi connectivity index (χ3v) is 4.30. The van der Waals surface area contributed by atoms with Crippen LogP contribution in [0.2, 0.25) is 0 Å². The molecule has 2 nitrogen and oxygen atoms in total. The standard InChI is InChI=1S/C16H22F3NO/c1-12-6-5-7-13(10-12)11-20-9-4-3-8-14(20)15(2,21)16(17,18)19/h5-7,10,14,21H,3-4,8-9,11H2,1-2H3. The van der Waals surface area contributed by atoms with E-state index in [1.54, 1.807) is 4.90 Å². The number of likely N-dealkylation sites (tertiary alicyclic amines) is 1. The second-order valence-electron chi connectivity index (χ2n) is 6.12. The second kappa shape index (κ2) is 5.97. The van der Waals surface area contributed by atoms with E-state index in [9.17, 15) is 18.3 Å². The van der Waals surface area contributed by atoms with Gasteiger partial charge < -0.3 is 5.11 Å². The minimum absolute atomic E-state index is 0.373. The largest absolute Gasteiger partial charge is 0.418 e. The van der Waals surface area contributed by atoms with E-state index in [-0.39, 0.29) is 0 Å². The van der Waals surface area contributed by atoms with Crippen LogP contribution in [0.3, 0.4) is 0 Å². The molecule has 1 aliphatic heterocycles. The van der Waals surface area contributed by atoms with Crippen LogP contribution in [0.25, 0.3) is 0 Å². The summed E-state index contributed by atoms with van der Waals surface area (Å²) in [6, 6.07) is 6.88. The van der Waals surface area contributed by atoms with Gasteiger partial charge in [0, 0.05) is 12.6 Å². The topological polar surface area (TPSA) is 23.5 Å². The zero-order chi connectivity index (χ0) is 15.7. The van der Waals surface area contributed by atoms with Crippen molar-refractivity contribution in [2.45, 2.75) is 57.5 Å². The molecule has 1 fully saturated rings. The molecule has 5 heteroatoms. The number of benzene rings is 1. The summed E-state index contributed by atoms with van der Waals surface area (Å²) in [5, 5.41) is 10.0. The molecule has 2 atom stereocenters. The summed E-state index contributed by atoms with van der Waals surface area (Å²) in [5.41, 5.74) is -0.597. The zero-order valence-corrected chi connectivity index (χ0v) is 12.5. The van der Waals surface area contributed by atoms with Gasteiger partial charge in [-0.3, -0.25) is 4.90 Å². The SMILES string of the molecule is Cc1cccc(CN2CCCCC2C(C)(O)C(F)(F)F)c1. The Bertz CT molecular complexity index is 485. The molecule has 0 bridgehead atoms. The van der Waals surface area contributed by atoms with Crippen LogP contribution in [-0.2, 0) is 6.54 Å². The molecule has 0 aromatic heterocycles. The third kappa shape index (κ3) is 3.58. The van der Waals surface area contributed by atoms with E-state index in [4.69, 9.17) is 0 Å². The Morgan fingerprint density at radius 2 is 2.00 bits per heavy atom. The first-order chi connectivity index (χ1) is 9.72. The van der Waals surface area contributed by atoms with Gasteiger partial charge in [-0.15, -0.1) is 0 Å². The lowest BCUT2D eigenvalue weighted by Crippen LogP contribution is -2.60. The molecule has 1 heterocycles. The number of nitrogens with zero attached hydrogens (tertiary/aromatic N) is 1. The molecule has 2 rings (SSSR count). The fraction of sp³-hybridized carbons (Fsp3) is 0.625. The maximum absolute atomic E-state index is 13.1. The van der Waals surface area contributed by atoms with Gasteiger partial charge in [-0.05, 0) is 38.8 Å². The Labute approximate surface area is 123 Å². The molecule has 2 unspecified atom stereocenters. The average Bonchev–Trinajstić information content (AvgIpc) is 2.38. The highest BCUT2D eigenvalue weighted by Crippen LogP contribution is 2.39. The van der Waals surface area contributed by atoms with E-state index < -0.39 is 17.8 Å². The number of rotatable bonds is 3. The van der Waals surface area contributed by atoms with Gasteiger partial charge in [-0.25, -0.2) is 0 Å². The normalized spacial score (nSPS) is 23.8. The Kier molecular flexibility index (Phi) is 4.63. The Balaban J connectivity index is 2.20. The van der Waals surface area contributed by atoms with Crippen LogP contribution in [0.1, 0.15) is 37.3 Å². The van der Waals surface area contributed by atoms with Gasteiger partial charge in [-0.2, -0.15) is 13.2 Å². The lowest BCUT2D eigenvalue weighted by atomic mass is 9.86. The molecule has 0 aliphatic carbocycles. The summed E-state index contributed by atoms with van der Waals surface area (Å²) in [6.07, 6.45) is -2.64. The molecule has 0 saturated carbocycles. The molecule has 21 heavy (non-hydrogen) atoms. The van der Waals surface area contributed by atoms with Crippen LogP contribution < -0.4 is 0 Å². The van der Waals surface area contributed by atoms with Crippen LogP contribution >= 0.6 is 0 Å². The molecule has 0 spiro atoms. The molecule has 1 aromatic carbocycles. The van der Waals surface area contributed by atoms with Crippen molar-refractivity contribution < 1.29 is 18.3 Å². The maximum Gasteiger partial charge on any atom is 0.418 e. The summed E-state index contributed by atoms with van der Waals surface area (Å²) >= 11 is 0. The quantitative estimate of drug-likeness (QED) is 0.921. The molecule has 1 saturated heterocycles. The molecule has 1 N–H and O–H groups in total. The van der Waals surface area contributed by atoms with Crippen molar-refractivity contribution in [3.63, 3.8) is 0 Å². The van der Waals surface area contributed by atoms with Crippen molar-refractivity contribution in [2.75, 3.05) is 6.54 Å². The van der Waals surface area contributed by atoms with Gasteiger partial charge >= 0.3 is 6.18 Å². The Morgan fingerprint density at radius 3 is 2.62 bits per heavy atom. The first-order valence-electron chi connectivity index (χ1n) is 7.30. The number of aryl methyl sites for hydroxylation is 1. The highest BCUT2D eigenvalue weighted by atomic mass is 19.4. The van der Waals surface area contributed by atoms with E-state index in [1.165, 1.54) is 0 Å². The van der Waals surface area contributed by atoms with Crippen LogP contribution in [-0.4, -0.2) is 34.4 Å². The predicted octanol–water partition coefficient (Wildman–Crippen LogP) is 3.66. The van der Waals surface area contributed by atoms with Crippen molar-refractivity contribution in [2.24, 2.45) is 0 Å². The Morgan fingerprint density at radius 1 is 1.29 bits per heavy atom. The minimum Gasteiger partial charge on any atom is -0.379 e. The first-order valence-corrected chi connectivity index (χ1v) is 7.30. The molecule has 118 valence electrons. The summed E-state index contributed by atoms with van der Waals surface area (Å²) in [6.45, 7) is 3.89. The van der Waals surface area contributed by atoms with Gasteiger partial charge in [0.1, 0.15) is 0 Å². The zero-order valence-electron chi connectivity index (χ0n) is 12.5. The van der Waals surface area contributed by atoms with Gasteiger partial charge in [0.25, 0.3) is 0 Å². The van der Waals surface area contributed by atoms with Gasteiger partial charge in [-0.1, -0.05) is 36.2 Å². The van der Waals surface area contributed by atoms with Gasteiger partial charge in [0.15, 0.2) is 5.60 Å². The number of hydrogen-bond donors (Lipinski definition) is 1. The minimum atomic E-state index is -4.61. The maximum atomic E-state index is 13.1. The van der Waals surface area contributed by atoms with Crippen LogP contribution in [0.5, 0.6) is 0 Å². The molecular formula is C16H22F3NO. The summed E-state index contributed by atoms with van der Waals surface area (Å²) < 4.78 is 39.4. The number of hydrogen-bond acceptors (Lipinski definition) is 2. The number of halogens is 3. The smallest absolute Gasteiger partial charge is 0.379 e. The number of alkyl halides is 3. The van der Waals surface area contributed by atoms with E-state index in [0.717, 1.165) is 30.9 Å². The predicted molar refractivity (Wildman–Crippen MR) is 75.9 cm³/mol. The fourth-order valence-electron chi connectivity index (χ4n) is 3.05. The van der Waals surface area contributed by atoms with Crippen molar-refractivity contribution >= 4 is 0 Å². The Hall–Kier alpha value is -1.07.